The molecular formula is C18H16ClN3O5. The van der Waals surface area contributed by atoms with E-state index in [2.05, 4.69) is 10.7 Å². The minimum Gasteiger partial charge on any atom is -0.508 e. The third-order valence-electron chi connectivity index (χ3n) is 4.02. The van der Waals surface area contributed by atoms with E-state index < -0.39 is 23.9 Å². The number of carboxylic acid groups (broad SMARTS) is 1. The predicted octanol–water partition coefficient (Wildman–Crippen LogP) is 2.51. The highest BCUT2D eigenvalue weighted by atomic mass is 35.5. The van der Waals surface area contributed by atoms with Crippen LogP contribution in [0.4, 0.5) is 5.69 Å². The molecule has 1 heterocycles. The Kier molecular flexibility index (Phi) is 5.18. The van der Waals surface area contributed by atoms with Crippen LogP contribution in [0.1, 0.15) is 34.9 Å². The number of hydrogen-bond donors (Lipinski definition) is 4. The molecule has 0 aliphatic carbocycles. The normalized spacial score (nSPS) is 15.7. The molecule has 0 unspecified atom stereocenters. The third kappa shape index (κ3) is 3.95. The van der Waals surface area contributed by atoms with Crippen molar-refractivity contribution in [1.29, 1.82) is 0 Å². The van der Waals surface area contributed by atoms with Gasteiger partial charge in [-0.15, -0.1) is 0 Å². The monoisotopic (exact) mass is 389 g/mol. The van der Waals surface area contributed by atoms with E-state index in [0.717, 1.165) is 5.01 Å². The van der Waals surface area contributed by atoms with E-state index in [-0.39, 0.29) is 24.2 Å². The first kappa shape index (κ1) is 18.5. The first-order chi connectivity index (χ1) is 12.9. The van der Waals surface area contributed by atoms with Crippen LogP contribution >= 0.6 is 11.6 Å². The standard InChI is InChI=1S/C18H16ClN3O5/c19-10-5-6-14(23)12(9-10)17-20-13-4-2-1-3-11(13)18(27)22(17)21-15(24)7-8-16(25)26/h1-6,9,17,20,23H,7-8H2,(H,21,24)(H,25,26)/t17-/m1/s1. The van der Waals surface area contributed by atoms with Crippen molar-refractivity contribution in [2.75, 3.05) is 5.32 Å². The predicted molar refractivity (Wildman–Crippen MR) is 97.1 cm³/mol. The molecule has 27 heavy (non-hydrogen) atoms. The van der Waals surface area contributed by atoms with Crippen LogP contribution < -0.4 is 10.7 Å². The van der Waals surface area contributed by atoms with Gasteiger partial charge in [0.05, 0.1) is 12.0 Å². The molecular weight excluding hydrogens is 374 g/mol. The van der Waals surface area contributed by atoms with Gasteiger partial charge in [-0.25, -0.2) is 5.01 Å². The fourth-order valence-electron chi connectivity index (χ4n) is 2.74. The van der Waals surface area contributed by atoms with Crippen molar-refractivity contribution in [2.45, 2.75) is 19.0 Å². The smallest absolute Gasteiger partial charge is 0.303 e. The highest BCUT2D eigenvalue weighted by Gasteiger charge is 2.35. The van der Waals surface area contributed by atoms with E-state index >= 15 is 0 Å². The van der Waals surface area contributed by atoms with Crippen molar-refractivity contribution in [3.63, 3.8) is 0 Å². The summed E-state index contributed by atoms with van der Waals surface area (Å²) in [5.74, 6) is -2.38. The van der Waals surface area contributed by atoms with E-state index in [1.807, 2.05) is 0 Å². The molecule has 0 aromatic heterocycles. The lowest BCUT2D eigenvalue weighted by Crippen LogP contribution is -2.52. The number of amides is 2. The number of hydrazine groups is 1. The van der Waals surface area contributed by atoms with Gasteiger partial charge in [-0.1, -0.05) is 23.7 Å². The van der Waals surface area contributed by atoms with Crippen LogP contribution in [0.25, 0.3) is 0 Å². The van der Waals surface area contributed by atoms with Gasteiger partial charge in [0.1, 0.15) is 5.75 Å². The highest BCUT2D eigenvalue weighted by molar-refractivity contribution is 6.30. The maximum atomic E-state index is 12.9. The lowest BCUT2D eigenvalue weighted by atomic mass is 10.0. The number of rotatable bonds is 5. The number of nitrogens with zero attached hydrogens (tertiary/aromatic N) is 1. The summed E-state index contributed by atoms with van der Waals surface area (Å²) in [4.78, 5) is 35.7. The van der Waals surface area contributed by atoms with Gasteiger partial charge in [-0.05, 0) is 30.3 Å². The number of carbonyl (C=O) groups is 3. The number of phenols is 1. The van der Waals surface area contributed by atoms with E-state index in [0.29, 0.717) is 16.3 Å². The number of aromatic hydroxyl groups is 1. The van der Waals surface area contributed by atoms with Crippen LogP contribution in [0.2, 0.25) is 5.02 Å². The molecule has 1 aliphatic rings. The van der Waals surface area contributed by atoms with Crippen LogP contribution in [0.5, 0.6) is 5.75 Å². The maximum absolute atomic E-state index is 12.9. The number of fused-ring (bicyclic) bond motifs is 1. The van der Waals surface area contributed by atoms with E-state index in [9.17, 15) is 19.5 Å². The molecule has 2 aromatic rings. The highest BCUT2D eigenvalue weighted by Crippen LogP contribution is 2.36. The molecule has 0 bridgehead atoms. The molecule has 0 radical (unpaired) electrons. The average molecular weight is 390 g/mol. The summed E-state index contributed by atoms with van der Waals surface area (Å²) in [6, 6.07) is 11.1. The van der Waals surface area contributed by atoms with Crippen LogP contribution in [-0.2, 0) is 9.59 Å². The summed E-state index contributed by atoms with van der Waals surface area (Å²) in [5.41, 5.74) is 3.56. The molecule has 2 amide bonds. The number of aliphatic carboxylic acids is 1. The molecule has 9 heteroatoms. The number of halogens is 1. The van der Waals surface area contributed by atoms with Crippen molar-refractivity contribution >= 4 is 35.1 Å². The lowest BCUT2D eigenvalue weighted by Gasteiger charge is -2.38. The van der Waals surface area contributed by atoms with Gasteiger partial charge in [-0.2, -0.15) is 0 Å². The quantitative estimate of drug-likeness (QED) is 0.624. The Morgan fingerprint density at radius 1 is 1.19 bits per heavy atom. The summed E-state index contributed by atoms with van der Waals surface area (Å²) < 4.78 is 0. The number of carboxylic acids is 1. The number of nitrogens with one attached hydrogen (secondary N) is 2. The van der Waals surface area contributed by atoms with Gasteiger partial charge >= 0.3 is 5.97 Å². The number of benzene rings is 2. The van der Waals surface area contributed by atoms with E-state index in [4.69, 9.17) is 16.7 Å². The summed E-state index contributed by atoms with van der Waals surface area (Å²) in [7, 11) is 0. The Morgan fingerprint density at radius 2 is 1.93 bits per heavy atom. The number of hydrogen-bond acceptors (Lipinski definition) is 5. The first-order valence-electron chi connectivity index (χ1n) is 8.05. The van der Waals surface area contributed by atoms with Crippen molar-refractivity contribution in [3.8, 4) is 5.75 Å². The Bertz CT molecular complexity index is 918. The van der Waals surface area contributed by atoms with Crippen LogP contribution in [0.3, 0.4) is 0 Å². The van der Waals surface area contributed by atoms with Crippen molar-refractivity contribution in [3.05, 3.63) is 58.6 Å². The fraction of sp³-hybridized carbons (Fsp3) is 0.167. The fourth-order valence-corrected chi connectivity index (χ4v) is 2.92. The van der Waals surface area contributed by atoms with Gasteiger partial charge < -0.3 is 15.5 Å². The average Bonchev–Trinajstić information content (AvgIpc) is 2.64. The minimum absolute atomic E-state index is 0.117. The molecule has 0 saturated heterocycles. The van der Waals surface area contributed by atoms with Gasteiger partial charge in [0.2, 0.25) is 5.91 Å². The molecule has 0 spiro atoms. The van der Waals surface area contributed by atoms with Crippen LogP contribution in [0.15, 0.2) is 42.5 Å². The zero-order chi connectivity index (χ0) is 19.6. The second kappa shape index (κ2) is 7.55. The molecule has 0 fully saturated rings. The lowest BCUT2D eigenvalue weighted by molar-refractivity contribution is -0.139. The second-order valence-electron chi connectivity index (χ2n) is 5.90. The van der Waals surface area contributed by atoms with Crippen LogP contribution in [0, 0.1) is 0 Å². The molecule has 3 rings (SSSR count). The van der Waals surface area contributed by atoms with Gasteiger partial charge in [0.25, 0.3) is 5.91 Å². The topological polar surface area (TPSA) is 119 Å². The third-order valence-corrected chi connectivity index (χ3v) is 4.26. The number of carbonyl (C=O) groups excluding carboxylic acids is 2. The zero-order valence-corrected chi connectivity index (χ0v) is 14.7. The van der Waals surface area contributed by atoms with Gasteiger partial charge in [0, 0.05) is 22.7 Å². The molecule has 8 nitrogen and oxygen atoms in total. The molecule has 1 atom stereocenters. The van der Waals surface area contributed by atoms with Crippen molar-refractivity contribution < 1.29 is 24.6 Å². The molecule has 1 aliphatic heterocycles. The minimum atomic E-state index is -1.12. The molecule has 140 valence electrons. The summed E-state index contributed by atoms with van der Waals surface area (Å²) in [5, 5.41) is 23.4. The largest absolute Gasteiger partial charge is 0.508 e. The number of anilines is 1. The zero-order valence-electron chi connectivity index (χ0n) is 14.0. The maximum Gasteiger partial charge on any atom is 0.303 e. The van der Waals surface area contributed by atoms with Gasteiger partial charge in [-0.3, -0.25) is 19.8 Å². The SMILES string of the molecule is O=C(O)CCC(=O)NN1C(=O)c2ccccc2N[C@H]1c1cc(Cl)ccc1O. The van der Waals surface area contributed by atoms with Crippen LogP contribution in [-0.4, -0.2) is 33.0 Å². The Balaban J connectivity index is 1.97. The van der Waals surface area contributed by atoms with Crippen molar-refractivity contribution in [1.82, 2.24) is 10.4 Å². The summed E-state index contributed by atoms with van der Waals surface area (Å²) in [6.07, 6.45) is -1.60. The first-order valence-corrected chi connectivity index (χ1v) is 8.43. The number of phenolic OH excluding ortho intramolecular Hbond substituents is 1. The molecule has 4 N–H and O–H groups in total. The Morgan fingerprint density at radius 3 is 2.67 bits per heavy atom. The summed E-state index contributed by atoms with van der Waals surface area (Å²) >= 11 is 6.02. The summed E-state index contributed by atoms with van der Waals surface area (Å²) in [6.45, 7) is 0. The Labute approximate surface area is 159 Å². The Hall–Kier alpha value is -3.26. The van der Waals surface area contributed by atoms with E-state index in [1.54, 1.807) is 24.3 Å². The molecule has 2 aromatic carbocycles. The van der Waals surface area contributed by atoms with Crippen molar-refractivity contribution in [2.24, 2.45) is 0 Å². The number of para-hydroxylation sites is 1. The van der Waals surface area contributed by atoms with E-state index in [1.165, 1.54) is 18.2 Å². The molecule has 0 saturated carbocycles. The van der Waals surface area contributed by atoms with Gasteiger partial charge in [0.15, 0.2) is 6.17 Å². The second-order valence-corrected chi connectivity index (χ2v) is 6.34.